The molecule has 0 aliphatic rings. The minimum atomic E-state index is 0.941. The van der Waals surface area contributed by atoms with Gasteiger partial charge in [-0.1, -0.05) is 54.6 Å². The van der Waals surface area contributed by atoms with Gasteiger partial charge in [0.25, 0.3) is 0 Å². The van der Waals surface area contributed by atoms with Crippen LogP contribution in [0.5, 0.6) is 0 Å². The van der Waals surface area contributed by atoms with E-state index in [-0.39, 0.29) is 0 Å². The van der Waals surface area contributed by atoms with E-state index >= 15 is 0 Å². The maximum atomic E-state index is 2.44. The number of aromatic nitrogens is 2. The molecule has 2 nitrogen and oxygen atoms in total. The van der Waals surface area contributed by atoms with Crippen LogP contribution in [0.3, 0.4) is 0 Å². The van der Waals surface area contributed by atoms with Gasteiger partial charge in [0.2, 0.25) is 0 Å². The van der Waals surface area contributed by atoms with Crippen molar-refractivity contribution < 1.29 is 0 Å². The van der Waals surface area contributed by atoms with Crippen LogP contribution in [-0.4, -0.2) is 9.13 Å². The Balaban J connectivity index is 1.55. The lowest BCUT2D eigenvalue weighted by atomic mass is 9.98. The summed E-state index contributed by atoms with van der Waals surface area (Å²) < 4.78 is 4.86. The molecule has 2 aromatic heterocycles. The van der Waals surface area contributed by atoms with Crippen LogP contribution in [-0.2, 0) is 19.5 Å². The highest BCUT2D eigenvalue weighted by molar-refractivity contribution is 6.10. The van der Waals surface area contributed by atoms with Crippen molar-refractivity contribution in [2.45, 2.75) is 33.4 Å². The van der Waals surface area contributed by atoms with Gasteiger partial charge in [0.1, 0.15) is 0 Å². The number of fused-ring (bicyclic) bond motifs is 6. The zero-order chi connectivity index (χ0) is 20.9. The number of nitrogens with zero attached hydrogens (tertiary/aromatic N) is 2. The van der Waals surface area contributed by atoms with Crippen molar-refractivity contribution in [3.63, 3.8) is 0 Å². The number of rotatable bonds is 4. The number of hydrogen-bond acceptors (Lipinski definition) is 0. The SMILES string of the molecule is CCn1c2ccccc2c2cc(Cc3cccc4c3c3ccccc3n4CC)ccc21. The summed E-state index contributed by atoms with van der Waals surface area (Å²) in [6.45, 7) is 6.43. The minimum absolute atomic E-state index is 0.941. The first-order valence-corrected chi connectivity index (χ1v) is 11.3. The summed E-state index contributed by atoms with van der Waals surface area (Å²) >= 11 is 0. The molecule has 0 atom stereocenters. The molecule has 2 heteroatoms. The van der Waals surface area contributed by atoms with E-state index in [4.69, 9.17) is 0 Å². The first kappa shape index (κ1) is 18.3. The van der Waals surface area contributed by atoms with E-state index in [1.807, 2.05) is 0 Å². The van der Waals surface area contributed by atoms with E-state index in [0.29, 0.717) is 0 Å². The molecule has 0 aliphatic carbocycles. The topological polar surface area (TPSA) is 9.86 Å². The summed E-state index contributed by atoms with van der Waals surface area (Å²) in [6.07, 6.45) is 0.941. The Labute approximate surface area is 182 Å². The van der Waals surface area contributed by atoms with Gasteiger partial charge in [-0.2, -0.15) is 0 Å². The molecule has 0 saturated carbocycles. The molecule has 0 amide bonds. The minimum Gasteiger partial charge on any atom is -0.341 e. The van der Waals surface area contributed by atoms with Gasteiger partial charge in [0, 0.05) is 56.7 Å². The second-order valence-corrected chi connectivity index (χ2v) is 8.36. The van der Waals surface area contributed by atoms with Gasteiger partial charge < -0.3 is 9.13 Å². The first-order chi connectivity index (χ1) is 15.3. The molecule has 0 radical (unpaired) electrons. The standard InChI is InChI=1S/C29H26N2/c1-3-30-25-13-7-5-11-22(25)24-19-20(16-17-27(24)30)18-21-10-9-15-28-29(21)23-12-6-8-14-26(23)31(28)4-2/h5-17,19H,3-4,18H2,1-2H3. The summed E-state index contributed by atoms with van der Waals surface area (Å²) in [4.78, 5) is 0. The molecule has 6 aromatic rings. The van der Waals surface area contributed by atoms with Gasteiger partial charge >= 0.3 is 0 Å². The number of hydrogen-bond donors (Lipinski definition) is 0. The molecular weight excluding hydrogens is 376 g/mol. The lowest BCUT2D eigenvalue weighted by Crippen LogP contribution is -1.94. The number of para-hydroxylation sites is 2. The third-order valence-electron chi connectivity index (χ3n) is 6.75. The largest absolute Gasteiger partial charge is 0.341 e. The van der Waals surface area contributed by atoms with Crippen molar-refractivity contribution in [1.82, 2.24) is 9.13 Å². The molecule has 0 saturated heterocycles. The fraction of sp³-hybridized carbons (Fsp3) is 0.172. The summed E-state index contributed by atoms with van der Waals surface area (Å²) in [7, 11) is 0. The summed E-state index contributed by atoms with van der Waals surface area (Å²) in [6, 6.07) is 31.4. The van der Waals surface area contributed by atoms with E-state index in [9.17, 15) is 0 Å². The fourth-order valence-corrected chi connectivity index (χ4v) is 5.43. The smallest absolute Gasteiger partial charge is 0.0494 e. The highest BCUT2D eigenvalue weighted by Crippen LogP contribution is 2.34. The Morgan fingerprint density at radius 3 is 1.94 bits per heavy atom. The van der Waals surface area contributed by atoms with Crippen molar-refractivity contribution in [2.24, 2.45) is 0 Å². The Morgan fingerprint density at radius 2 is 1.16 bits per heavy atom. The van der Waals surface area contributed by atoms with Gasteiger partial charge in [-0.15, -0.1) is 0 Å². The lowest BCUT2D eigenvalue weighted by molar-refractivity contribution is 0.827. The number of benzene rings is 4. The summed E-state index contributed by atoms with van der Waals surface area (Å²) in [5.74, 6) is 0. The second-order valence-electron chi connectivity index (χ2n) is 8.36. The molecule has 0 aliphatic heterocycles. The van der Waals surface area contributed by atoms with Crippen molar-refractivity contribution in [2.75, 3.05) is 0 Å². The zero-order valence-corrected chi connectivity index (χ0v) is 18.1. The van der Waals surface area contributed by atoms with Gasteiger partial charge in [-0.3, -0.25) is 0 Å². The van der Waals surface area contributed by atoms with Crippen LogP contribution in [0.1, 0.15) is 25.0 Å². The van der Waals surface area contributed by atoms with Crippen LogP contribution in [0.4, 0.5) is 0 Å². The van der Waals surface area contributed by atoms with Crippen molar-refractivity contribution in [3.8, 4) is 0 Å². The predicted molar refractivity (Wildman–Crippen MR) is 133 cm³/mol. The highest BCUT2D eigenvalue weighted by atomic mass is 15.0. The van der Waals surface area contributed by atoms with Crippen LogP contribution in [0.15, 0.2) is 84.9 Å². The molecule has 0 spiro atoms. The maximum Gasteiger partial charge on any atom is 0.0494 e. The summed E-state index contributed by atoms with van der Waals surface area (Å²) in [5, 5.41) is 5.47. The maximum absolute atomic E-state index is 2.44. The van der Waals surface area contributed by atoms with Crippen LogP contribution in [0.2, 0.25) is 0 Å². The predicted octanol–water partition coefficient (Wildman–Crippen LogP) is 7.53. The van der Waals surface area contributed by atoms with Gasteiger partial charge in [-0.25, -0.2) is 0 Å². The summed E-state index contributed by atoms with van der Waals surface area (Å²) in [5.41, 5.74) is 8.09. The lowest BCUT2D eigenvalue weighted by Gasteiger charge is -2.08. The van der Waals surface area contributed by atoms with Gasteiger partial charge in [-0.05, 0) is 61.7 Å². The third kappa shape index (κ3) is 2.64. The normalized spacial score (nSPS) is 11.9. The molecule has 31 heavy (non-hydrogen) atoms. The van der Waals surface area contributed by atoms with E-state index in [2.05, 4.69) is 108 Å². The van der Waals surface area contributed by atoms with Crippen LogP contribution < -0.4 is 0 Å². The Hall–Kier alpha value is -3.52. The fourth-order valence-electron chi connectivity index (χ4n) is 5.43. The average Bonchev–Trinajstić information content (AvgIpc) is 3.31. The van der Waals surface area contributed by atoms with Crippen LogP contribution >= 0.6 is 0 Å². The molecular formula is C29H26N2. The van der Waals surface area contributed by atoms with E-state index in [1.165, 1.54) is 54.7 Å². The highest BCUT2D eigenvalue weighted by Gasteiger charge is 2.14. The van der Waals surface area contributed by atoms with Crippen LogP contribution in [0, 0.1) is 0 Å². The van der Waals surface area contributed by atoms with E-state index < -0.39 is 0 Å². The third-order valence-corrected chi connectivity index (χ3v) is 6.75. The Kier molecular flexibility index (Phi) is 4.14. The average molecular weight is 403 g/mol. The number of aryl methyl sites for hydroxylation is 2. The van der Waals surface area contributed by atoms with E-state index in [0.717, 1.165) is 19.5 Å². The zero-order valence-electron chi connectivity index (χ0n) is 18.1. The molecule has 0 N–H and O–H groups in total. The Bertz CT molecular complexity index is 1580. The van der Waals surface area contributed by atoms with Crippen molar-refractivity contribution in [3.05, 3.63) is 96.1 Å². The molecule has 0 bridgehead atoms. The van der Waals surface area contributed by atoms with E-state index in [1.54, 1.807) is 0 Å². The van der Waals surface area contributed by atoms with Crippen molar-refractivity contribution in [1.29, 1.82) is 0 Å². The monoisotopic (exact) mass is 402 g/mol. The quantitative estimate of drug-likeness (QED) is 0.288. The first-order valence-electron chi connectivity index (χ1n) is 11.3. The Morgan fingerprint density at radius 1 is 0.548 bits per heavy atom. The molecule has 0 fully saturated rings. The van der Waals surface area contributed by atoms with Crippen LogP contribution in [0.25, 0.3) is 43.6 Å². The second kappa shape index (κ2) is 7.02. The van der Waals surface area contributed by atoms with Gasteiger partial charge in [0.15, 0.2) is 0 Å². The van der Waals surface area contributed by atoms with Crippen molar-refractivity contribution >= 4 is 43.6 Å². The molecule has 0 unspecified atom stereocenters. The molecule has 6 rings (SSSR count). The molecule has 2 heterocycles. The molecule has 4 aromatic carbocycles. The molecule has 152 valence electrons. The van der Waals surface area contributed by atoms with Gasteiger partial charge in [0.05, 0.1) is 0 Å².